The van der Waals surface area contributed by atoms with Crippen LogP contribution in [0.15, 0.2) is 29.0 Å². The zero-order valence-corrected chi connectivity index (χ0v) is 12.3. The zero-order chi connectivity index (χ0) is 14.1. The smallest absolute Gasteiger partial charge is 0.234 e. The maximum atomic E-state index is 12.3. The van der Waals surface area contributed by atoms with Crippen molar-refractivity contribution < 1.29 is 9.59 Å². The molecule has 1 fully saturated rings. The van der Waals surface area contributed by atoms with Gasteiger partial charge in [0.25, 0.3) is 0 Å². The third-order valence-corrected chi connectivity index (χ3v) is 4.75. The number of rotatable bonds is 4. The molecule has 0 bridgehead atoms. The topological polar surface area (TPSA) is 40.6 Å². The van der Waals surface area contributed by atoms with Crippen molar-refractivity contribution >= 4 is 23.2 Å². The van der Waals surface area contributed by atoms with Gasteiger partial charge in [-0.2, -0.15) is 11.3 Å². The lowest BCUT2D eigenvalue weighted by Crippen LogP contribution is -2.39. The summed E-state index contributed by atoms with van der Waals surface area (Å²) in [6.07, 6.45) is 5.45. The molecule has 1 aromatic heterocycles. The fourth-order valence-corrected chi connectivity index (χ4v) is 3.65. The molecule has 5 heteroatoms. The van der Waals surface area contributed by atoms with E-state index in [4.69, 9.17) is 0 Å². The summed E-state index contributed by atoms with van der Waals surface area (Å²) >= 11 is 1.66. The van der Waals surface area contributed by atoms with Crippen molar-refractivity contribution in [3.8, 4) is 0 Å². The van der Waals surface area contributed by atoms with E-state index in [1.54, 1.807) is 11.3 Å². The number of thiophene rings is 1. The van der Waals surface area contributed by atoms with Crippen LogP contribution in [0.2, 0.25) is 0 Å². The number of allylic oxidation sites excluding steroid dienone is 2. The predicted octanol–water partition coefficient (Wildman–Crippen LogP) is 2.09. The molecule has 20 heavy (non-hydrogen) atoms. The van der Waals surface area contributed by atoms with Crippen LogP contribution in [0.4, 0.5) is 0 Å². The summed E-state index contributed by atoms with van der Waals surface area (Å²) in [7, 11) is 1.94. The minimum Gasteiger partial charge on any atom is -0.284 e. The van der Waals surface area contributed by atoms with E-state index in [0.717, 1.165) is 6.54 Å². The summed E-state index contributed by atoms with van der Waals surface area (Å²) in [6, 6.07) is 2.07. The molecule has 0 saturated carbocycles. The SMILES string of the molecule is CN(Cc1ccsc1)CN1C(=O)[C@H]2CC=CC[C@@H]2C1=O. The average molecular weight is 290 g/mol. The Morgan fingerprint density at radius 1 is 1.25 bits per heavy atom. The minimum atomic E-state index is -0.123. The normalized spacial score (nSPS) is 25.6. The first kappa shape index (κ1) is 13.5. The number of hydrogen-bond donors (Lipinski definition) is 0. The Balaban J connectivity index is 1.65. The molecule has 1 aliphatic carbocycles. The summed E-state index contributed by atoms with van der Waals surface area (Å²) in [5, 5.41) is 4.13. The highest BCUT2D eigenvalue weighted by Crippen LogP contribution is 2.35. The first-order valence-electron chi connectivity index (χ1n) is 6.86. The van der Waals surface area contributed by atoms with Crippen LogP contribution in [0.5, 0.6) is 0 Å². The van der Waals surface area contributed by atoms with Crippen molar-refractivity contribution in [3.63, 3.8) is 0 Å². The molecule has 1 aromatic rings. The van der Waals surface area contributed by atoms with Crippen molar-refractivity contribution in [2.75, 3.05) is 13.7 Å². The van der Waals surface area contributed by atoms with Crippen LogP contribution in [0.3, 0.4) is 0 Å². The van der Waals surface area contributed by atoms with Gasteiger partial charge in [0.05, 0.1) is 18.5 Å². The Bertz CT molecular complexity index is 512. The van der Waals surface area contributed by atoms with Crippen LogP contribution in [0, 0.1) is 11.8 Å². The fourth-order valence-electron chi connectivity index (χ4n) is 2.99. The van der Waals surface area contributed by atoms with Crippen LogP contribution in [0.25, 0.3) is 0 Å². The van der Waals surface area contributed by atoms with Gasteiger partial charge in [-0.1, -0.05) is 12.2 Å². The quantitative estimate of drug-likeness (QED) is 0.630. The molecule has 0 radical (unpaired) electrons. The monoisotopic (exact) mass is 290 g/mol. The van der Waals surface area contributed by atoms with Crippen LogP contribution in [0.1, 0.15) is 18.4 Å². The van der Waals surface area contributed by atoms with Gasteiger partial charge in [0.1, 0.15) is 0 Å². The average Bonchev–Trinajstić information content (AvgIpc) is 3.03. The number of imide groups is 1. The zero-order valence-electron chi connectivity index (χ0n) is 11.5. The highest BCUT2D eigenvalue weighted by Gasteiger charge is 2.47. The fraction of sp³-hybridized carbons (Fsp3) is 0.467. The molecule has 2 aliphatic rings. The molecular formula is C15H18N2O2S. The number of carbonyl (C=O) groups is 2. The molecule has 0 spiro atoms. The van der Waals surface area contributed by atoms with Gasteiger partial charge in [-0.25, -0.2) is 0 Å². The van der Waals surface area contributed by atoms with Gasteiger partial charge in [0, 0.05) is 6.54 Å². The maximum absolute atomic E-state index is 12.3. The molecule has 0 unspecified atom stereocenters. The molecule has 3 rings (SSSR count). The summed E-state index contributed by atoms with van der Waals surface area (Å²) in [4.78, 5) is 28.1. The largest absolute Gasteiger partial charge is 0.284 e. The number of hydrogen-bond acceptors (Lipinski definition) is 4. The summed E-state index contributed by atoms with van der Waals surface area (Å²) in [5.74, 6) is -0.243. The molecule has 2 atom stereocenters. The predicted molar refractivity (Wildman–Crippen MR) is 77.9 cm³/mol. The Kier molecular flexibility index (Phi) is 3.72. The summed E-state index contributed by atoms with van der Waals surface area (Å²) in [6.45, 7) is 1.15. The third kappa shape index (κ3) is 2.43. The maximum Gasteiger partial charge on any atom is 0.234 e. The van der Waals surface area contributed by atoms with Gasteiger partial charge >= 0.3 is 0 Å². The molecular weight excluding hydrogens is 272 g/mol. The standard InChI is InChI=1S/C15H18N2O2S/c1-16(8-11-6-7-20-9-11)10-17-14(18)12-4-2-3-5-13(12)15(17)19/h2-3,6-7,9,12-13H,4-5,8,10H2,1H3/t12-,13-/m0/s1. The summed E-state index contributed by atoms with van der Waals surface area (Å²) < 4.78 is 0. The summed E-state index contributed by atoms with van der Waals surface area (Å²) in [5.41, 5.74) is 1.22. The van der Waals surface area contributed by atoms with Gasteiger partial charge in [-0.3, -0.25) is 19.4 Å². The van der Waals surface area contributed by atoms with Gasteiger partial charge in [0.15, 0.2) is 0 Å². The molecule has 0 N–H and O–H groups in total. The van der Waals surface area contributed by atoms with Gasteiger partial charge < -0.3 is 0 Å². The number of nitrogens with zero attached hydrogens (tertiary/aromatic N) is 2. The highest BCUT2D eigenvalue weighted by molar-refractivity contribution is 7.07. The number of amides is 2. The minimum absolute atomic E-state index is 0.00141. The lowest BCUT2D eigenvalue weighted by Gasteiger charge is -2.22. The number of fused-ring (bicyclic) bond motifs is 1. The van der Waals surface area contributed by atoms with E-state index >= 15 is 0 Å². The lowest BCUT2D eigenvalue weighted by atomic mass is 9.85. The van der Waals surface area contributed by atoms with Gasteiger partial charge in [-0.05, 0) is 42.3 Å². The van der Waals surface area contributed by atoms with Crippen LogP contribution >= 0.6 is 11.3 Å². The molecule has 1 saturated heterocycles. The second-order valence-corrected chi connectivity index (χ2v) is 6.33. The highest BCUT2D eigenvalue weighted by atomic mass is 32.1. The number of carbonyl (C=O) groups excluding carboxylic acids is 2. The van der Waals surface area contributed by atoms with Crippen molar-refractivity contribution in [1.82, 2.24) is 9.80 Å². The first-order valence-corrected chi connectivity index (χ1v) is 7.81. The van der Waals surface area contributed by atoms with E-state index in [2.05, 4.69) is 11.4 Å². The van der Waals surface area contributed by atoms with Crippen molar-refractivity contribution in [1.29, 1.82) is 0 Å². The van der Waals surface area contributed by atoms with Crippen molar-refractivity contribution in [2.45, 2.75) is 19.4 Å². The Morgan fingerprint density at radius 2 is 1.90 bits per heavy atom. The lowest BCUT2D eigenvalue weighted by molar-refractivity contribution is -0.142. The Hall–Kier alpha value is -1.46. The third-order valence-electron chi connectivity index (χ3n) is 4.01. The molecule has 4 nitrogen and oxygen atoms in total. The van der Waals surface area contributed by atoms with Crippen LogP contribution in [-0.4, -0.2) is 35.3 Å². The Morgan fingerprint density at radius 3 is 2.45 bits per heavy atom. The van der Waals surface area contributed by atoms with Crippen LogP contribution < -0.4 is 0 Å². The molecule has 1 aliphatic heterocycles. The van der Waals surface area contributed by atoms with E-state index in [9.17, 15) is 9.59 Å². The van der Waals surface area contributed by atoms with Gasteiger partial charge in [0.2, 0.25) is 11.8 Å². The van der Waals surface area contributed by atoms with Gasteiger partial charge in [-0.15, -0.1) is 0 Å². The first-order chi connectivity index (χ1) is 9.66. The second-order valence-electron chi connectivity index (χ2n) is 5.55. The van der Waals surface area contributed by atoms with Crippen LogP contribution in [-0.2, 0) is 16.1 Å². The van der Waals surface area contributed by atoms with E-state index in [0.29, 0.717) is 19.5 Å². The van der Waals surface area contributed by atoms with E-state index < -0.39 is 0 Å². The second kappa shape index (κ2) is 5.50. The molecule has 106 valence electrons. The van der Waals surface area contributed by atoms with Crippen molar-refractivity contribution in [2.24, 2.45) is 11.8 Å². The molecule has 2 amide bonds. The van der Waals surface area contributed by atoms with E-state index in [1.807, 2.05) is 29.5 Å². The van der Waals surface area contributed by atoms with E-state index in [-0.39, 0.29) is 23.7 Å². The number of likely N-dealkylation sites (tertiary alicyclic amines) is 1. The Labute approximate surface area is 122 Å². The van der Waals surface area contributed by atoms with E-state index in [1.165, 1.54) is 10.5 Å². The molecule has 2 heterocycles. The molecule has 0 aromatic carbocycles. The van der Waals surface area contributed by atoms with Crippen molar-refractivity contribution in [3.05, 3.63) is 34.5 Å².